The number of carbonyl (C=O) groups is 1. The predicted octanol–water partition coefficient (Wildman–Crippen LogP) is 6.18. The van der Waals surface area contributed by atoms with Crippen molar-refractivity contribution in [2.45, 2.75) is 12.5 Å². The molecule has 1 aliphatic rings. The van der Waals surface area contributed by atoms with Crippen LogP contribution < -0.4 is 4.74 Å². The van der Waals surface area contributed by atoms with Gasteiger partial charge in [-0.25, -0.2) is 0 Å². The number of nitro groups is 1. The number of fused-ring (bicyclic) bond motifs is 3. The molecular formula is C25H19Cl2N3O4. The van der Waals surface area contributed by atoms with Crippen LogP contribution in [0.2, 0.25) is 10.0 Å². The summed E-state index contributed by atoms with van der Waals surface area (Å²) in [7, 11) is 1.61. The van der Waals surface area contributed by atoms with Crippen molar-refractivity contribution < 1.29 is 14.5 Å². The molecule has 1 amide bonds. The second kappa shape index (κ2) is 8.66. The Morgan fingerprint density at radius 1 is 1.12 bits per heavy atom. The van der Waals surface area contributed by atoms with Gasteiger partial charge in [-0.1, -0.05) is 41.4 Å². The summed E-state index contributed by atoms with van der Waals surface area (Å²) >= 11 is 12.4. The van der Waals surface area contributed by atoms with Gasteiger partial charge in [0.25, 0.3) is 11.6 Å². The highest BCUT2D eigenvalue weighted by Gasteiger charge is 2.36. The third-order valence-corrected chi connectivity index (χ3v) is 6.83. The molecule has 0 bridgehead atoms. The van der Waals surface area contributed by atoms with Crippen LogP contribution in [0.15, 0.2) is 60.7 Å². The summed E-state index contributed by atoms with van der Waals surface area (Å²) in [5.41, 5.74) is 3.47. The first-order valence-electron chi connectivity index (χ1n) is 10.6. The largest absolute Gasteiger partial charge is 0.497 e. The Balaban J connectivity index is 1.71. The van der Waals surface area contributed by atoms with Crippen LogP contribution in [0.1, 0.15) is 33.2 Å². The van der Waals surface area contributed by atoms with Crippen LogP contribution in [0.4, 0.5) is 5.69 Å². The Morgan fingerprint density at radius 3 is 2.65 bits per heavy atom. The van der Waals surface area contributed by atoms with E-state index in [0.717, 1.165) is 27.9 Å². The lowest BCUT2D eigenvalue weighted by atomic mass is 9.91. The molecule has 1 aromatic heterocycles. The van der Waals surface area contributed by atoms with Crippen LogP contribution >= 0.6 is 23.2 Å². The minimum Gasteiger partial charge on any atom is -0.497 e. The highest BCUT2D eigenvalue weighted by Crippen LogP contribution is 2.42. The monoisotopic (exact) mass is 495 g/mol. The van der Waals surface area contributed by atoms with Gasteiger partial charge in [-0.3, -0.25) is 14.9 Å². The van der Waals surface area contributed by atoms with Crippen molar-refractivity contribution in [1.82, 2.24) is 9.88 Å². The summed E-state index contributed by atoms with van der Waals surface area (Å²) in [4.78, 5) is 29.9. The molecule has 0 aliphatic carbocycles. The van der Waals surface area contributed by atoms with E-state index in [2.05, 4.69) is 4.98 Å². The van der Waals surface area contributed by atoms with Gasteiger partial charge in [0.2, 0.25) is 0 Å². The number of H-pyrrole nitrogens is 1. The summed E-state index contributed by atoms with van der Waals surface area (Å²) in [6.45, 7) is 0.405. The van der Waals surface area contributed by atoms with Crippen LogP contribution in [0.25, 0.3) is 10.9 Å². The Hall–Kier alpha value is -3.55. The number of methoxy groups -OCH3 is 1. The van der Waals surface area contributed by atoms with Gasteiger partial charge in [-0.15, -0.1) is 0 Å². The lowest BCUT2D eigenvalue weighted by molar-refractivity contribution is -0.384. The number of rotatable bonds is 4. The predicted molar refractivity (Wildman–Crippen MR) is 131 cm³/mol. The summed E-state index contributed by atoms with van der Waals surface area (Å²) < 4.78 is 5.40. The maximum Gasteiger partial charge on any atom is 0.288 e. The SMILES string of the molecule is COc1ccc2[nH]c3c(c2c1)CCN(C(=O)c1ccccc1Cl)[C@H]3c1ccc(Cl)c([N+](=O)[O-])c1. The molecule has 0 spiro atoms. The van der Waals surface area contributed by atoms with Gasteiger partial charge in [0.15, 0.2) is 0 Å². The molecule has 9 heteroatoms. The second-order valence-electron chi connectivity index (χ2n) is 8.03. The van der Waals surface area contributed by atoms with E-state index < -0.39 is 11.0 Å². The molecule has 1 atom stereocenters. The second-order valence-corrected chi connectivity index (χ2v) is 8.84. The number of nitrogens with zero attached hydrogens (tertiary/aromatic N) is 2. The topological polar surface area (TPSA) is 88.5 Å². The Bertz CT molecular complexity index is 1450. The van der Waals surface area contributed by atoms with Gasteiger partial charge in [0.05, 0.1) is 28.7 Å². The summed E-state index contributed by atoms with van der Waals surface area (Å²) in [5, 5.41) is 13.0. The van der Waals surface area contributed by atoms with Gasteiger partial charge >= 0.3 is 0 Å². The van der Waals surface area contributed by atoms with Crippen molar-refractivity contribution in [2.75, 3.05) is 13.7 Å². The maximum atomic E-state index is 13.7. The third-order valence-electron chi connectivity index (χ3n) is 6.18. The third kappa shape index (κ3) is 3.67. The molecule has 4 aromatic rings. The van der Waals surface area contributed by atoms with Crippen molar-refractivity contribution in [1.29, 1.82) is 0 Å². The molecule has 3 aromatic carbocycles. The number of nitrogens with one attached hydrogen (secondary N) is 1. The van der Waals surface area contributed by atoms with Crippen LogP contribution in [-0.2, 0) is 6.42 Å². The van der Waals surface area contributed by atoms with Crippen LogP contribution in [0.3, 0.4) is 0 Å². The molecule has 0 saturated heterocycles. The molecule has 0 saturated carbocycles. The van der Waals surface area contributed by atoms with Gasteiger partial charge in [-0.05, 0) is 53.9 Å². The van der Waals surface area contributed by atoms with E-state index in [1.807, 2.05) is 18.2 Å². The van der Waals surface area contributed by atoms with E-state index >= 15 is 0 Å². The van der Waals surface area contributed by atoms with E-state index in [4.69, 9.17) is 27.9 Å². The van der Waals surface area contributed by atoms with Crippen molar-refractivity contribution in [3.05, 3.63) is 103 Å². The Kier molecular flexibility index (Phi) is 5.67. The number of amides is 1. The number of halogens is 2. The number of hydrogen-bond donors (Lipinski definition) is 1. The first kappa shape index (κ1) is 22.3. The standard InChI is InChI=1S/C25H19Cl2N3O4/c1-34-15-7-9-21-18(13-15)16-10-11-29(25(31)17-4-2-3-5-19(17)26)24(23(16)28-21)14-6-8-20(27)22(12-14)30(32)33/h2-9,12-13,24,28H,10-11H2,1H3/t24-/m0/s1. The molecule has 34 heavy (non-hydrogen) atoms. The average molecular weight is 496 g/mol. The van der Waals surface area contributed by atoms with Crippen LogP contribution in [-0.4, -0.2) is 34.4 Å². The number of hydrogen-bond acceptors (Lipinski definition) is 4. The highest BCUT2D eigenvalue weighted by molar-refractivity contribution is 6.34. The zero-order valence-corrected chi connectivity index (χ0v) is 19.6. The van der Waals surface area contributed by atoms with Crippen molar-refractivity contribution in [3.8, 4) is 5.75 Å². The number of carbonyl (C=O) groups excluding carboxylic acids is 1. The number of nitro benzene ring substituents is 1. The minimum absolute atomic E-state index is 0.0372. The summed E-state index contributed by atoms with van der Waals surface area (Å²) in [6.07, 6.45) is 0.602. The fourth-order valence-electron chi connectivity index (χ4n) is 4.59. The van der Waals surface area contributed by atoms with E-state index in [1.54, 1.807) is 42.3 Å². The summed E-state index contributed by atoms with van der Waals surface area (Å²) in [6, 6.07) is 16.7. The molecule has 5 rings (SSSR count). The first-order chi connectivity index (χ1) is 16.4. The zero-order chi connectivity index (χ0) is 24.0. The fraction of sp³-hybridized carbons (Fsp3) is 0.160. The molecular weight excluding hydrogens is 477 g/mol. The quantitative estimate of drug-likeness (QED) is 0.270. The van der Waals surface area contributed by atoms with E-state index in [-0.39, 0.29) is 16.6 Å². The normalized spacial score (nSPS) is 15.3. The molecule has 0 radical (unpaired) electrons. The van der Waals surface area contributed by atoms with Crippen LogP contribution in [0, 0.1) is 10.1 Å². The van der Waals surface area contributed by atoms with Crippen molar-refractivity contribution >= 4 is 45.7 Å². The van der Waals surface area contributed by atoms with Gasteiger partial charge in [0.1, 0.15) is 10.8 Å². The van der Waals surface area contributed by atoms with Crippen LogP contribution in [0.5, 0.6) is 5.75 Å². The number of ether oxygens (including phenoxy) is 1. The van der Waals surface area contributed by atoms with Crippen molar-refractivity contribution in [2.24, 2.45) is 0 Å². The molecule has 2 heterocycles. The molecule has 7 nitrogen and oxygen atoms in total. The molecule has 0 fully saturated rings. The number of benzene rings is 3. The van der Waals surface area contributed by atoms with Crippen molar-refractivity contribution in [3.63, 3.8) is 0 Å². The highest BCUT2D eigenvalue weighted by atomic mass is 35.5. The molecule has 1 N–H and O–H groups in total. The van der Waals surface area contributed by atoms with E-state index in [1.165, 1.54) is 12.1 Å². The van der Waals surface area contributed by atoms with Gasteiger partial charge in [-0.2, -0.15) is 0 Å². The fourth-order valence-corrected chi connectivity index (χ4v) is 4.99. The zero-order valence-electron chi connectivity index (χ0n) is 18.0. The number of aromatic amines is 1. The lowest BCUT2D eigenvalue weighted by Gasteiger charge is -2.36. The summed E-state index contributed by atoms with van der Waals surface area (Å²) in [5.74, 6) is 0.470. The average Bonchev–Trinajstić information content (AvgIpc) is 3.21. The van der Waals surface area contributed by atoms with Gasteiger partial charge in [0, 0.05) is 29.2 Å². The lowest BCUT2D eigenvalue weighted by Crippen LogP contribution is -2.40. The smallest absolute Gasteiger partial charge is 0.288 e. The molecule has 0 unspecified atom stereocenters. The van der Waals surface area contributed by atoms with E-state index in [9.17, 15) is 14.9 Å². The molecule has 172 valence electrons. The first-order valence-corrected chi connectivity index (χ1v) is 11.3. The number of aromatic nitrogens is 1. The Morgan fingerprint density at radius 2 is 1.91 bits per heavy atom. The minimum atomic E-state index is -0.595. The van der Waals surface area contributed by atoms with Gasteiger partial charge < -0.3 is 14.6 Å². The Labute approximate surface area is 205 Å². The maximum absolute atomic E-state index is 13.7. The molecule has 1 aliphatic heterocycles. The van der Waals surface area contributed by atoms with E-state index in [0.29, 0.717) is 29.1 Å².